The van der Waals surface area contributed by atoms with E-state index >= 15 is 0 Å². The number of thiophene rings is 1. The topological polar surface area (TPSA) is 16.4 Å². The van der Waals surface area contributed by atoms with Crippen LogP contribution in [0.3, 0.4) is 0 Å². The minimum atomic E-state index is 0.885. The maximum absolute atomic E-state index is 6.84. The maximum Gasteiger partial charge on any atom is 0.143 e. The third kappa shape index (κ3) is 6.79. The molecule has 2 aromatic heterocycles. The van der Waals surface area contributed by atoms with Crippen LogP contribution in [-0.4, -0.2) is 0 Å². The van der Waals surface area contributed by atoms with Crippen molar-refractivity contribution < 1.29 is 4.42 Å². The Hall–Kier alpha value is -8.50. The van der Waals surface area contributed by atoms with Gasteiger partial charge in [0.15, 0.2) is 0 Å². The average molecular weight is 872 g/mol. The lowest BCUT2D eigenvalue weighted by Crippen LogP contribution is -2.11. The van der Waals surface area contributed by atoms with Crippen molar-refractivity contribution in [2.24, 2.45) is 0 Å². The van der Waals surface area contributed by atoms with Crippen molar-refractivity contribution in [3.05, 3.63) is 249 Å². The van der Waals surface area contributed by atoms with Gasteiger partial charge in [-0.15, -0.1) is 11.3 Å². The van der Waals surface area contributed by atoms with Gasteiger partial charge in [0.25, 0.3) is 0 Å². The van der Waals surface area contributed by atoms with Gasteiger partial charge < -0.3 is 9.32 Å². The number of furan rings is 1. The molecule has 0 aliphatic heterocycles. The zero-order valence-electron chi connectivity index (χ0n) is 36.4. The monoisotopic (exact) mass is 871 g/mol. The SMILES string of the molecule is c1ccc(-c2ccc(-c3ccc(N(c4ccc(-c5cccc6c5sc5ccccc56)cc4)c4ccccc4-c4cccc5c4oc4cc6ccccc6cc45)cc3)cc2-c2ccccc2)cc1. The molecule has 0 saturated carbocycles. The minimum absolute atomic E-state index is 0.885. The number of hydrogen-bond acceptors (Lipinski definition) is 3. The average Bonchev–Trinajstić information content (AvgIpc) is 3.97. The molecular formula is C64H41NOS. The maximum atomic E-state index is 6.84. The largest absolute Gasteiger partial charge is 0.455 e. The van der Waals surface area contributed by atoms with E-state index in [0.29, 0.717) is 0 Å². The van der Waals surface area contributed by atoms with Crippen LogP contribution in [-0.2, 0) is 0 Å². The van der Waals surface area contributed by atoms with Gasteiger partial charge >= 0.3 is 0 Å². The van der Waals surface area contributed by atoms with Gasteiger partial charge in [0.05, 0.1) is 5.69 Å². The summed E-state index contributed by atoms with van der Waals surface area (Å²) in [6.07, 6.45) is 0. The van der Waals surface area contributed by atoms with Gasteiger partial charge in [-0.2, -0.15) is 0 Å². The lowest BCUT2D eigenvalue weighted by atomic mass is 9.91. The third-order valence-electron chi connectivity index (χ3n) is 13.3. The summed E-state index contributed by atoms with van der Waals surface area (Å²) in [5, 5.41) is 7.21. The summed E-state index contributed by atoms with van der Waals surface area (Å²) in [7, 11) is 0. The first-order chi connectivity index (χ1) is 33.2. The standard InChI is InChI=1S/C64H41NOS/c1-3-15-43(16-4-1)51-38-33-48(39-58(51)44-17-5-2-6-18-44)42-29-34-49(35-30-42)65(50-36-31-45(32-37-50)52-23-13-26-57-54-22-10-12-28-62(54)67-64(52)57)60-27-11-9-21-53(60)55-24-14-25-56-59-40-46-19-7-8-20-47(46)41-61(59)66-63(55)56/h1-41H. The van der Waals surface area contributed by atoms with Crippen LogP contribution < -0.4 is 4.90 Å². The van der Waals surface area contributed by atoms with Crippen LogP contribution in [0.1, 0.15) is 0 Å². The molecule has 314 valence electrons. The first kappa shape index (κ1) is 38.9. The van der Waals surface area contributed by atoms with Gasteiger partial charge in [-0.3, -0.25) is 0 Å². The van der Waals surface area contributed by atoms with Crippen molar-refractivity contribution in [1.29, 1.82) is 0 Å². The number of anilines is 3. The predicted octanol–water partition coefficient (Wildman–Crippen LogP) is 18.9. The second kappa shape index (κ2) is 16.2. The zero-order chi connectivity index (χ0) is 44.3. The molecule has 2 nitrogen and oxygen atoms in total. The Morgan fingerprint density at radius 1 is 0.313 bits per heavy atom. The molecule has 3 heteroatoms. The molecule has 67 heavy (non-hydrogen) atoms. The first-order valence-electron chi connectivity index (χ1n) is 22.8. The number of hydrogen-bond donors (Lipinski definition) is 0. The molecule has 0 unspecified atom stereocenters. The second-order valence-electron chi connectivity index (χ2n) is 17.2. The Bertz CT molecular complexity index is 3960. The molecule has 0 radical (unpaired) electrons. The molecule has 0 N–H and O–H groups in total. The normalized spacial score (nSPS) is 11.6. The van der Waals surface area contributed by atoms with E-state index in [-0.39, 0.29) is 0 Å². The van der Waals surface area contributed by atoms with Crippen LogP contribution in [0, 0.1) is 0 Å². The Balaban J connectivity index is 0.954. The van der Waals surface area contributed by atoms with Crippen molar-refractivity contribution >= 4 is 81.3 Å². The summed E-state index contributed by atoms with van der Waals surface area (Å²) >= 11 is 1.87. The van der Waals surface area contributed by atoms with E-state index < -0.39 is 0 Å². The Morgan fingerprint density at radius 2 is 0.866 bits per heavy atom. The highest BCUT2D eigenvalue weighted by molar-refractivity contribution is 7.26. The quantitative estimate of drug-likeness (QED) is 0.151. The molecule has 2 heterocycles. The highest BCUT2D eigenvalue weighted by atomic mass is 32.1. The fraction of sp³-hybridized carbons (Fsp3) is 0. The zero-order valence-corrected chi connectivity index (χ0v) is 37.3. The van der Waals surface area contributed by atoms with Crippen LogP contribution >= 0.6 is 11.3 Å². The summed E-state index contributed by atoms with van der Waals surface area (Å²) in [6.45, 7) is 0. The van der Waals surface area contributed by atoms with Crippen LogP contribution in [0.5, 0.6) is 0 Å². The second-order valence-corrected chi connectivity index (χ2v) is 18.3. The lowest BCUT2D eigenvalue weighted by Gasteiger charge is -2.28. The molecule has 0 amide bonds. The highest BCUT2D eigenvalue weighted by Gasteiger charge is 2.22. The Kier molecular flexibility index (Phi) is 9.40. The van der Waals surface area contributed by atoms with Crippen molar-refractivity contribution in [1.82, 2.24) is 0 Å². The summed E-state index contributed by atoms with van der Waals surface area (Å²) < 4.78 is 9.46. The van der Waals surface area contributed by atoms with Crippen molar-refractivity contribution in [2.45, 2.75) is 0 Å². The van der Waals surface area contributed by atoms with E-state index in [9.17, 15) is 0 Å². The molecule has 0 aliphatic rings. The van der Waals surface area contributed by atoms with E-state index in [1.807, 2.05) is 11.3 Å². The summed E-state index contributed by atoms with van der Waals surface area (Å²) in [5.41, 5.74) is 16.7. The molecule has 0 spiro atoms. The molecule has 11 aromatic carbocycles. The smallest absolute Gasteiger partial charge is 0.143 e. The van der Waals surface area contributed by atoms with E-state index in [1.165, 1.54) is 69.9 Å². The number of nitrogens with zero attached hydrogens (tertiary/aromatic N) is 1. The third-order valence-corrected chi connectivity index (χ3v) is 14.5. The first-order valence-corrected chi connectivity index (χ1v) is 23.6. The molecule has 0 bridgehead atoms. The summed E-state index contributed by atoms with van der Waals surface area (Å²) in [4.78, 5) is 2.40. The molecule has 0 atom stereocenters. The van der Waals surface area contributed by atoms with Crippen LogP contribution in [0.15, 0.2) is 253 Å². The molecule has 0 fully saturated rings. The fourth-order valence-corrected chi connectivity index (χ4v) is 11.3. The van der Waals surface area contributed by atoms with E-state index in [1.54, 1.807) is 0 Å². The van der Waals surface area contributed by atoms with Crippen LogP contribution in [0.25, 0.3) is 109 Å². The van der Waals surface area contributed by atoms with Gasteiger partial charge in [0.2, 0.25) is 0 Å². The Labute approximate surface area is 392 Å². The van der Waals surface area contributed by atoms with Gasteiger partial charge in [-0.25, -0.2) is 0 Å². The van der Waals surface area contributed by atoms with Gasteiger partial charge in [0, 0.05) is 53.4 Å². The van der Waals surface area contributed by atoms with Crippen LogP contribution in [0.2, 0.25) is 0 Å². The highest BCUT2D eigenvalue weighted by Crippen LogP contribution is 2.47. The van der Waals surface area contributed by atoms with Gasteiger partial charge in [-0.05, 0) is 110 Å². The molecule has 0 aliphatic carbocycles. The van der Waals surface area contributed by atoms with Gasteiger partial charge in [-0.1, -0.05) is 194 Å². The number of benzene rings is 11. The van der Waals surface area contributed by atoms with Crippen LogP contribution in [0.4, 0.5) is 17.1 Å². The van der Waals surface area contributed by atoms with E-state index in [0.717, 1.165) is 55.7 Å². The molecule has 13 aromatic rings. The summed E-state index contributed by atoms with van der Waals surface area (Å²) in [6, 6.07) is 90.0. The molecular weight excluding hydrogens is 831 g/mol. The van der Waals surface area contributed by atoms with Crippen molar-refractivity contribution in [3.8, 4) is 55.6 Å². The van der Waals surface area contributed by atoms with Crippen molar-refractivity contribution in [2.75, 3.05) is 4.90 Å². The molecule has 0 saturated heterocycles. The predicted molar refractivity (Wildman–Crippen MR) is 286 cm³/mol. The minimum Gasteiger partial charge on any atom is -0.455 e. The summed E-state index contributed by atoms with van der Waals surface area (Å²) in [5.74, 6) is 0. The fourth-order valence-electron chi connectivity index (χ4n) is 10.0. The van der Waals surface area contributed by atoms with Gasteiger partial charge in [0.1, 0.15) is 11.2 Å². The van der Waals surface area contributed by atoms with E-state index in [4.69, 9.17) is 4.42 Å². The Morgan fingerprint density at radius 3 is 1.63 bits per heavy atom. The molecule has 13 rings (SSSR count). The van der Waals surface area contributed by atoms with E-state index in [2.05, 4.69) is 254 Å². The lowest BCUT2D eigenvalue weighted by molar-refractivity contribution is 0.670. The number of rotatable bonds is 8. The number of para-hydroxylation sites is 2. The number of fused-ring (bicyclic) bond motifs is 7. The van der Waals surface area contributed by atoms with Crippen molar-refractivity contribution in [3.63, 3.8) is 0 Å².